The van der Waals surface area contributed by atoms with Gasteiger partial charge in [-0.3, -0.25) is 4.18 Å². The molecule has 24 heavy (non-hydrogen) atoms. The van der Waals surface area contributed by atoms with E-state index in [0.29, 0.717) is 0 Å². The van der Waals surface area contributed by atoms with Gasteiger partial charge in [-0.25, -0.2) is 8.42 Å². The first-order chi connectivity index (χ1) is 11.2. The lowest BCUT2D eigenvalue weighted by Crippen LogP contribution is -2.44. The molecule has 1 aromatic heterocycles. The fourth-order valence-corrected chi connectivity index (χ4v) is 2.62. The lowest BCUT2D eigenvalue weighted by Gasteiger charge is -2.02. The van der Waals surface area contributed by atoms with Crippen molar-refractivity contribution >= 4 is 10.4 Å². The second-order valence-electron chi connectivity index (χ2n) is 6.12. The Morgan fingerprint density at radius 2 is 1.54 bits per heavy atom. The Balaban J connectivity index is 0.000000754. The third-order valence-corrected chi connectivity index (χ3v) is 4.53. The lowest BCUT2D eigenvalue weighted by atomic mass is 10.1. The molecule has 0 saturated heterocycles. The predicted octanol–water partition coefficient (Wildman–Crippen LogP) is 3.16. The molecule has 0 unspecified atom stereocenters. The molecule has 0 saturated carbocycles. The summed E-state index contributed by atoms with van der Waals surface area (Å²) in [5.74, 6) is 0. The van der Waals surface area contributed by atoms with Gasteiger partial charge in [-0.15, -0.1) is 4.68 Å². The quantitative estimate of drug-likeness (QED) is 0.277. The summed E-state index contributed by atoms with van der Waals surface area (Å²) in [7, 11) is -1.44. The van der Waals surface area contributed by atoms with Gasteiger partial charge in [0, 0.05) is 19.4 Å². The van der Waals surface area contributed by atoms with Crippen LogP contribution in [0.1, 0.15) is 69.7 Å². The van der Waals surface area contributed by atoms with Gasteiger partial charge in [0.2, 0.25) is 16.1 Å². The zero-order valence-corrected chi connectivity index (χ0v) is 16.7. The third kappa shape index (κ3) is 10.8. The van der Waals surface area contributed by atoms with Gasteiger partial charge < -0.3 is 4.55 Å². The highest BCUT2D eigenvalue weighted by Gasteiger charge is 2.13. The Hall–Kier alpha value is -0.920. The third-order valence-electron chi connectivity index (χ3n) is 4.13. The maximum atomic E-state index is 9.22. The van der Waals surface area contributed by atoms with E-state index in [1.807, 2.05) is 0 Å². The maximum absolute atomic E-state index is 9.22. The molecule has 0 aliphatic carbocycles. The maximum Gasteiger partial charge on any atom is 0.217 e. The Labute approximate surface area is 147 Å². The van der Waals surface area contributed by atoms with Gasteiger partial charge in [-0.2, -0.15) is 4.68 Å². The molecule has 0 amide bonds. The van der Waals surface area contributed by atoms with Crippen LogP contribution in [-0.2, 0) is 28.2 Å². The van der Waals surface area contributed by atoms with Gasteiger partial charge in [0.25, 0.3) is 0 Å². The van der Waals surface area contributed by atoms with Crippen LogP contribution in [0.5, 0.6) is 0 Å². The molecule has 0 spiro atoms. The summed E-state index contributed by atoms with van der Waals surface area (Å²) in [6.45, 7) is 7.83. The number of aryl methyl sites for hydroxylation is 2. The highest BCUT2D eigenvalue weighted by molar-refractivity contribution is 7.80. The van der Waals surface area contributed by atoms with Crippen molar-refractivity contribution < 1.29 is 21.8 Å². The standard InChI is InChI=1S/C16H31N2.CH4O4S/c1-5-6-7-8-9-10-11-12-13-18-16(3)14-15(2)17(18)4;1-5-6(2,3)4/h14H,5-13H2,1-4H3;1H3,(H,2,3,4)/q+1;/p-1. The van der Waals surface area contributed by atoms with Crippen molar-refractivity contribution in [2.45, 2.75) is 78.7 Å². The van der Waals surface area contributed by atoms with Crippen LogP contribution in [0.15, 0.2) is 6.07 Å². The molecule has 1 aromatic rings. The van der Waals surface area contributed by atoms with Gasteiger partial charge in [-0.1, -0.05) is 45.4 Å². The Morgan fingerprint density at radius 3 is 1.92 bits per heavy atom. The van der Waals surface area contributed by atoms with Gasteiger partial charge >= 0.3 is 0 Å². The van der Waals surface area contributed by atoms with E-state index < -0.39 is 10.4 Å². The van der Waals surface area contributed by atoms with Crippen LogP contribution < -0.4 is 4.68 Å². The van der Waals surface area contributed by atoms with E-state index in [1.165, 1.54) is 69.3 Å². The SMILES string of the molecule is CCCCCCCCCC[n+]1c(C)cc(C)n1C.COS(=O)(=O)[O-]. The van der Waals surface area contributed by atoms with Gasteiger partial charge in [0.1, 0.15) is 0 Å². The van der Waals surface area contributed by atoms with Crippen LogP contribution in [0.4, 0.5) is 0 Å². The fraction of sp³-hybridized carbons (Fsp3) is 0.824. The summed E-state index contributed by atoms with van der Waals surface area (Å²) >= 11 is 0. The van der Waals surface area contributed by atoms with Crippen molar-refractivity contribution in [2.75, 3.05) is 7.11 Å². The Kier molecular flexibility index (Phi) is 12.0. The number of nitrogens with zero attached hydrogens (tertiary/aromatic N) is 2. The summed E-state index contributed by atoms with van der Waals surface area (Å²) in [4.78, 5) is 0. The monoisotopic (exact) mass is 362 g/mol. The summed E-state index contributed by atoms with van der Waals surface area (Å²) in [5, 5.41) is 0. The van der Waals surface area contributed by atoms with E-state index >= 15 is 0 Å². The average molecular weight is 363 g/mol. The molecular formula is C17H34N2O4S. The van der Waals surface area contributed by atoms with Crippen LogP contribution in [0.3, 0.4) is 0 Å². The molecule has 0 radical (unpaired) electrons. The minimum atomic E-state index is -4.41. The zero-order valence-electron chi connectivity index (χ0n) is 15.9. The number of hydrogen-bond acceptors (Lipinski definition) is 4. The van der Waals surface area contributed by atoms with Crippen molar-refractivity contribution in [3.8, 4) is 0 Å². The largest absolute Gasteiger partial charge is 0.726 e. The second-order valence-corrected chi connectivity index (χ2v) is 7.27. The van der Waals surface area contributed by atoms with E-state index in [-0.39, 0.29) is 0 Å². The lowest BCUT2D eigenvalue weighted by molar-refractivity contribution is -0.778. The fourth-order valence-electron chi connectivity index (χ4n) is 2.62. The number of hydrogen-bond donors (Lipinski definition) is 0. The molecule has 0 aliphatic heterocycles. The topological polar surface area (TPSA) is 75.2 Å². The van der Waals surface area contributed by atoms with Crippen molar-refractivity contribution in [3.05, 3.63) is 17.5 Å². The molecule has 0 N–H and O–H groups in total. The number of rotatable bonds is 10. The first-order valence-electron chi connectivity index (χ1n) is 8.77. The molecule has 6 nitrogen and oxygen atoms in total. The highest BCUT2D eigenvalue weighted by Crippen LogP contribution is 2.08. The van der Waals surface area contributed by atoms with E-state index in [0.717, 1.165) is 7.11 Å². The predicted molar refractivity (Wildman–Crippen MR) is 94.4 cm³/mol. The summed E-state index contributed by atoms with van der Waals surface area (Å²) in [6, 6.07) is 2.27. The second kappa shape index (κ2) is 12.4. The minimum absolute atomic E-state index is 0.808. The van der Waals surface area contributed by atoms with Crippen molar-refractivity contribution in [1.29, 1.82) is 0 Å². The Bertz CT molecular complexity index is 553. The van der Waals surface area contributed by atoms with Gasteiger partial charge in [0.15, 0.2) is 6.54 Å². The summed E-state index contributed by atoms with van der Waals surface area (Å²) < 4.78 is 35.7. The van der Waals surface area contributed by atoms with Crippen molar-refractivity contribution in [2.24, 2.45) is 7.05 Å². The summed E-state index contributed by atoms with van der Waals surface area (Å²) in [5.41, 5.74) is 2.74. The van der Waals surface area contributed by atoms with Crippen molar-refractivity contribution in [3.63, 3.8) is 0 Å². The van der Waals surface area contributed by atoms with E-state index in [9.17, 15) is 13.0 Å². The number of aromatic nitrogens is 2. The average Bonchev–Trinajstić information content (AvgIpc) is 2.75. The van der Waals surface area contributed by atoms with E-state index in [4.69, 9.17) is 0 Å². The molecular weight excluding hydrogens is 328 g/mol. The first kappa shape index (κ1) is 23.1. The smallest absolute Gasteiger partial charge is 0.217 e. The molecule has 7 heteroatoms. The molecule has 0 aromatic carbocycles. The van der Waals surface area contributed by atoms with Crippen LogP contribution >= 0.6 is 0 Å². The molecule has 1 rings (SSSR count). The highest BCUT2D eigenvalue weighted by atomic mass is 32.3. The van der Waals surface area contributed by atoms with E-state index in [1.54, 1.807) is 0 Å². The minimum Gasteiger partial charge on any atom is -0.726 e. The Morgan fingerprint density at radius 1 is 1.08 bits per heavy atom. The van der Waals surface area contributed by atoms with Crippen LogP contribution in [0.25, 0.3) is 0 Å². The van der Waals surface area contributed by atoms with Crippen LogP contribution in [0, 0.1) is 13.8 Å². The van der Waals surface area contributed by atoms with Gasteiger partial charge in [-0.05, 0) is 13.3 Å². The summed E-state index contributed by atoms with van der Waals surface area (Å²) in [6.07, 6.45) is 11.2. The normalized spacial score (nSPS) is 11.2. The molecule has 0 aliphatic rings. The van der Waals surface area contributed by atoms with Gasteiger partial charge in [0.05, 0.1) is 19.9 Å². The first-order valence-corrected chi connectivity index (χ1v) is 10.1. The van der Waals surface area contributed by atoms with Crippen molar-refractivity contribution in [1.82, 2.24) is 4.68 Å². The van der Waals surface area contributed by atoms with Crippen LogP contribution in [0.2, 0.25) is 0 Å². The molecule has 0 atom stereocenters. The molecule has 1 heterocycles. The molecule has 0 bridgehead atoms. The zero-order chi connectivity index (χ0) is 18.6. The number of unbranched alkanes of at least 4 members (excludes halogenated alkanes) is 7. The van der Waals surface area contributed by atoms with Crippen LogP contribution in [-0.4, -0.2) is 24.8 Å². The van der Waals surface area contributed by atoms with E-state index in [2.05, 4.69) is 47.4 Å². The molecule has 0 fully saturated rings. The molecule has 142 valence electrons.